The summed E-state index contributed by atoms with van der Waals surface area (Å²) in [7, 11) is -4.41. The lowest BCUT2D eigenvalue weighted by atomic mass is 10.1. The van der Waals surface area contributed by atoms with Gasteiger partial charge in [0.2, 0.25) is 0 Å². The van der Waals surface area contributed by atoms with Gasteiger partial charge in [-0.25, -0.2) is 33.6 Å². The number of rotatable bonds is 8. The number of carboxylic acids is 2. The summed E-state index contributed by atoms with van der Waals surface area (Å²) in [5.74, 6) is -7.43. The number of carboxylic acid groups (broad SMARTS) is 2. The maximum Gasteiger partial charge on any atom is 0.373 e. The summed E-state index contributed by atoms with van der Waals surface area (Å²) in [6.45, 7) is 0. The Hall–Kier alpha value is -7.62. The standard InChI is InChI=1S/C15H10O8S.C8H6O6.C7H6O3.C7H6O2/c16-13(17)11-3-1-2-4-12(11)15(19)23-14(18)9-5-7-10(8-6-9)24(20,21)22;9-7(13-11)5-3-1-2-4-6(5)8(10)14-12;8-7(10-9)6-4-2-1-3-5-6;8-7(9)6-4-2-1-3-5-6/h1-8H,(H,16,17)(H,20,21,22);1-4,11-12H;1-5,9H;1-5H,(H,8,9). The van der Waals surface area contributed by atoms with Gasteiger partial charge in [-0.15, -0.1) is 0 Å². The van der Waals surface area contributed by atoms with E-state index in [2.05, 4.69) is 19.4 Å². The maximum atomic E-state index is 11.9. The van der Waals surface area contributed by atoms with Crippen LogP contribution in [0.4, 0.5) is 0 Å². The molecule has 0 atom stereocenters. The molecule has 5 aromatic rings. The molecule has 0 aliphatic rings. The quantitative estimate of drug-likeness (QED) is 0.0290. The van der Waals surface area contributed by atoms with Crippen LogP contribution in [-0.4, -0.2) is 80.7 Å². The number of hydrogen-bond acceptors (Lipinski definition) is 16. The number of carbonyl (C=O) groups excluding carboxylic acids is 5. The molecule has 0 bridgehead atoms. The van der Waals surface area contributed by atoms with Crippen molar-refractivity contribution in [3.8, 4) is 0 Å². The van der Waals surface area contributed by atoms with E-state index in [1.165, 1.54) is 48.5 Å². The van der Waals surface area contributed by atoms with Gasteiger partial charge in [0.1, 0.15) is 0 Å². The van der Waals surface area contributed by atoms with Crippen molar-refractivity contribution in [2.24, 2.45) is 0 Å². The van der Waals surface area contributed by atoms with E-state index in [-0.39, 0.29) is 27.8 Å². The van der Waals surface area contributed by atoms with Crippen molar-refractivity contribution in [3.63, 3.8) is 0 Å². The lowest BCUT2D eigenvalue weighted by Crippen LogP contribution is -2.16. The fourth-order valence-electron chi connectivity index (χ4n) is 3.95. The maximum absolute atomic E-state index is 11.9. The molecule has 57 heavy (non-hydrogen) atoms. The Morgan fingerprint density at radius 1 is 0.386 bits per heavy atom. The van der Waals surface area contributed by atoms with Crippen LogP contribution >= 0.6 is 0 Å². The summed E-state index contributed by atoms with van der Waals surface area (Å²) < 4.78 is 35.2. The highest BCUT2D eigenvalue weighted by Crippen LogP contribution is 2.15. The number of benzene rings is 5. The fourth-order valence-corrected chi connectivity index (χ4v) is 4.43. The van der Waals surface area contributed by atoms with Crippen molar-refractivity contribution in [2.45, 2.75) is 4.90 Å². The van der Waals surface area contributed by atoms with Crippen LogP contribution < -0.4 is 0 Å². The molecule has 5 aromatic carbocycles. The summed E-state index contributed by atoms with van der Waals surface area (Å²) in [5.41, 5.74) is -0.501. The zero-order valence-corrected chi connectivity index (χ0v) is 29.4. The zero-order valence-electron chi connectivity index (χ0n) is 28.6. The van der Waals surface area contributed by atoms with Crippen LogP contribution in [-0.2, 0) is 29.5 Å². The monoisotopic (exact) mass is 808 g/mol. The van der Waals surface area contributed by atoms with E-state index in [1.54, 1.807) is 60.7 Å². The smallest absolute Gasteiger partial charge is 0.373 e. The Morgan fingerprint density at radius 3 is 1.09 bits per heavy atom. The Kier molecular flexibility index (Phi) is 18.0. The van der Waals surface area contributed by atoms with Crippen LogP contribution in [0.15, 0.2) is 138 Å². The van der Waals surface area contributed by atoms with Crippen LogP contribution in [0.25, 0.3) is 0 Å². The van der Waals surface area contributed by atoms with Crippen molar-refractivity contribution in [3.05, 3.63) is 172 Å². The van der Waals surface area contributed by atoms with E-state index in [0.29, 0.717) is 11.1 Å². The van der Waals surface area contributed by atoms with Gasteiger partial charge in [-0.1, -0.05) is 60.7 Å². The molecule has 0 saturated heterocycles. The third kappa shape index (κ3) is 14.6. The van der Waals surface area contributed by atoms with Gasteiger partial charge in [0.25, 0.3) is 10.1 Å². The first kappa shape index (κ1) is 45.5. The number of esters is 2. The summed E-state index contributed by atoms with van der Waals surface area (Å²) in [5, 5.41) is 41.5. The molecule has 0 aliphatic carbocycles. The van der Waals surface area contributed by atoms with Crippen LogP contribution in [0, 0.1) is 0 Å². The minimum absolute atomic E-state index is 0.149. The Morgan fingerprint density at radius 2 is 0.737 bits per heavy atom. The molecule has 0 amide bonds. The lowest BCUT2D eigenvalue weighted by Gasteiger charge is -2.06. The second kappa shape index (κ2) is 22.6. The molecule has 296 valence electrons. The van der Waals surface area contributed by atoms with Gasteiger partial charge in [0.15, 0.2) is 0 Å². The highest BCUT2D eigenvalue weighted by atomic mass is 32.2. The zero-order chi connectivity index (χ0) is 42.5. The van der Waals surface area contributed by atoms with Crippen LogP contribution in [0.1, 0.15) is 72.5 Å². The van der Waals surface area contributed by atoms with Gasteiger partial charge in [-0.2, -0.15) is 24.2 Å². The molecule has 5 rings (SSSR count). The largest absolute Gasteiger partial charge is 0.478 e. The number of hydrogen-bond donors (Lipinski definition) is 6. The second-order valence-electron chi connectivity index (χ2n) is 10.2. The third-order valence-electron chi connectivity index (χ3n) is 6.60. The molecular weight excluding hydrogens is 780 g/mol. The van der Waals surface area contributed by atoms with Crippen molar-refractivity contribution >= 4 is 51.9 Å². The molecule has 0 aromatic heterocycles. The first-order chi connectivity index (χ1) is 27.0. The summed E-state index contributed by atoms with van der Waals surface area (Å²) in [6, 6.07) is 31.2. The van der Waals surface area contributed by atoms with E-state index < -0.39 is 56.8 Å². The van der Waals surface area contributed by atoms with E-state index >= 15 is 0 Å². The fraction of sp³-hybridized carbons (Fsp3) is 0. The van der Waals surface area contributed by atoms with E-state index in [0.717, 1.165) is 24.3 Å². The first-order valence-electron chi connectivity index (χ1n) is 15.2. The molecule has 0 heterocycles. The van der Waals surface area contributed by atoms with Crippen LogP contribution in [0.3, 0.4) is 0 Å². The Bertz CT molecular complexity index is 2260. The average Bonchev–Trinajstić information content (AvgIpc) is 3.23. The topological polar surface area (TPSA) is 312 Å². The minimum atomic E-state index is -4.41. The second-order valence-corrected chi connectivity index (χ2v) is 11.7. The van der Waals surface area contributed by atoms with Gasteiger partial charge in [-0.05, 0) is 72.8 Å². The molecular formula is C37H28O19S. The number of carbonyl (C=O) groups is 7. The van der Waals surface area contributed by atoms with Crippen molar-refractivity contribution in [1.82, 2.24) is 0 Å². The Balaban J connectivity index is 0.000000287. The minimum Gasteiger partial charge on any atom is -0.478 e. The first-order valence-corrected chi connectivity index (χ1v) is 16.7. The normalized spacial score (nSPS) is 9.82. The summed E-state index contributed by atoms with van der Waals surface area (Å²) >= 11 is 0. The molecule has 0 fully saturated rings. The van der Waals surface area contributed by atoms with Crippen LogP contribution in [0.2, 0.25) is 0 Å². The van der Waals surface area contributed by atoms with Gasteiger partial charge < -0.3 is 14.9 Å². The van der Waals surface area contributed by atoms with Crippen molar-refractivity contribution in [2.75, 3.05) is 0 Å². The van der Waals surface area contributed by atoms with E-state index in [4.69, 9.17) is 30.5 Å². The van der Waals surface area contributed by atoms with Gasteiger partial charge >= 0.3 is 41.8 Å². The highest BCUT2D eigenvalue weighted by molar-refractivity contribution is 7.85. The molecule has 6 N–H and O–H groups in total. The molecule has 0 unspecified atom stereocenters. The SMILES string of the molecule is O=C(O)c1ccccc1.O=C(OC(=O)c1ccccc1C(=O)O)c1ccc(S(=O)(=O)O)cc1.O=C(OO)c1ccccc1.O=C(OO)c1ccccc1C(=O)OO. The molecule has 0 spiro atoms. The molecule has 0 saturated carbocycles. The van der Waals surface area contributed by atoms with Crippen molar-refractivity contribution < 1.29 is 91.9 Å². The van der Waals surface area contributed by atoms with E-state index in [9.17, 15) is 42.0 Å². The van der Waals surface area contributed by atoms with Crippen molar-refractivity contribution in [1.29, 1.82) is 0 Å². The van der Waals surface area contributed by atoms with Gasteiger partial charge in [0, 0.05) is 0 Å². The lowest BCUT2D eigenvalue weighted by molar-refractivity contribution is -0.185. The van der Waals surface area contributed by atoms with Gasteiger partial charge in [-0.3, -0.25) is 19.2 Å². The molecule has 0 radical (unpaired) electrons. The predicted octanol–water partition coefficient (Wildman–Crippen LogP) is 5.28. The van der Waals surface area contributed by atoms with Crippen LogP contribution in [0.5, 0.6) is 0 Å². The van der Waals surface area contributed by atoms with Gasteiger partial charge in [0.05, 0.1) is 43.8 Å². The molecule has 0 aliphatic heterocycles. The average molecular weight is 809 g/mol. The number of ether oxygens (including phenoxy) is 1. The Labute approximate surface area is 320 Å². The highest BCUT2D eigenvalue weighted by Gasteiger charge is 2.22. The summed E-state index contributed by atoms with van der Waals surface area (Å²) in [6.07, 6.45) is 0. The third-order valence-corrected chi connectivity index (χ3v) is 7.46. The van der Waals surface area contributed by atoms with E-state index in [1.807, 2.05) is 0 Å². The number of aromatic carboxylic acids is 2. The molecule has 20 heteroatoms. The summed E-state index contributed by atoms with van der Waals surface area (Å²) in [4.78, 5) is 87.3. The predicted molar refractivity (Wildman–Crippen MR) is 190 cm³/mol. The molecule has 19 nitrogen and oxygen atoms in total.